The standard InChI is InChI=1S/C23H17Cl2N3O2S/c24-19-9-7-16(10-20(19)25)21-14-31-23(26-12-15-4-2-1-3-5-15)28(21)27-13-17-6-8-18(29)11-22(17)30/h1-11,13-14,29-30H,12H2. The molecular formula is C23H17Cl2N3O2S. The third kappa shape index (κ3) is 4.99. The number of aromatic nitrogens is 1. The fourth-order valence-electron chi connectivity index (χ4n) is 2.88. The molecule has 0 aliphatic carbocycles. The third-order valence-corrected chi connectivity index (χ3v) is 6.06. The van der Waals surface area contributed by atoms with Crippen LogP contribution in [0, 0.1) is 0 Å². The van der Waals surface area contributed by atoms with Gasteiger partial charge in [0, 0.05) is 22.6 Å². The van der Waals surface area contributed by atoms with Crippen LogP contribution in [0.15, 0.2) is 82.2 Å². The van der Waals surface area contributed by atoms with Crippen molar-refractivity contribution in [3.05, 3.63) is 98.1 Å². The number of hydrogen-bond acceptors (Lipinski definition) is 5. The van der Waals surface area contributed by atoms with Crippen LogP contribution in [-0.2, 0) is 6.54 Å². The highest BCUT2D eigenvalue weighted by atomic mass is 35.5. The quantitative estimate of drug-likeness (QED) is 0.356. The van der Waals surface area contributed by atoms with Gasteiger partial charge in [-0.25, -0.2) is 4.68 Å². The van der Waals surface area contributed by atoms with Gasteiger partial charge in [-0.15, -0.1) is 11.3 Å². The van der Waals surface area contributed by atoms with E-state index in [4.69, 9.17) is 28.2 Å². The fourth-order valence-corrected chi connectivity index (χ4v) is 4.01. The number of hydrogen-bond donors (Lipinski definition) is 2. The lowest BCUT2D eigenvalue weighted by atomic mass is 10.2. The van der Waals surface area contributed by atoms with Gasteiger partial charge in [0.05, 0.1) is 28.5 Å². The molecular weight excluding hydrogens is 453 g/mol. The van der Waals surface area contributed by atoms with E-state index in [-0.39, 0.29) is 11.5 Å². The average molecular weight is 470 g/mol. The first-order valence-electron chi connectivity index (χ1n) is 9.28. The summed E-state index contributed by atoms with van der Waals surface area (Å²) in [5.41, 5.74) is 3.16. The van der Waals surface area contributed by atoms with E-state index in [1.54, 1.807) is 22.9 Å². The first kappa shape index (κ1) is 21.2. The first-order valence-corrected chi connectivity index (χ1v) is 10.9. The number of nitrogens with zero attached hydrogens (tertiary/aromatic N) is 3. The molecule has 0 saturated carbocycles. The van der Waals surface area contributed by atoms with Gasteiger partial charge in [-0.2, -0.15) is 5.10 Å². The van der Waals surface area contributed by atoms with E-state index in [0.717, 1.165) is 16.8 Å². The summed E-state index contributed by atoms with van der Waals surface area (Å²) in [6, 6.07) is 19.6. The molecule has 0 aliphatic rings. The molecule has 1 heterocycles. The number of benzene rings is 3. The highest BCUT2D eigenvalue weighted by Gasteiger charge is 2.10. The van der Waals surface area contributed by atoms with Crippen molar-refractivity contribution in [2.45, 2.75) is 6.54 Å². The van der Waals surface area contributed by atoms with Crippen LogP contribution < -0.4 is 4.80 Å². The van der Waals surface area contributed by atoms with Crippen LogP contribution in [0.1, 0.15) is 11.1 Å². The Kier molecular flexibility index (Phi) is 6.42. The van der Waals surface area contributed by atoms with Gasteiger partial charge in [0.2, 0.25) is 4.80 Å². The fraction of sp³-hybridized carbons (Fsp3) is 0.0435. The van der Waals surface area contributed by atoms with E-state index < -0.39 is 0 Å². The molecule has 8 heteroatoms. The largest absolute Gasteiger partial charge is 0.508 e. The van der Waals surface area contributed by atoms with Gasteiger partial charge < -0.3 is 10.2 Å². The summed E-state index contributed by atoms with van der Waals surface area (Å²) in [7, 11) is 0. The second-order valence-electron chi connectivity index (χ2n) is 6.63. The lowest BCUT2D eigenvalue weighted by Crippen LogP contribution is -2.12. The number of halogens is 2. The summed E-state index contributed by atoms with van der Waals surface area (Å²) < 4.78 is 1.69. The summed E-state index contributed by atoms with van der Waals surface area (Å²) in [5.74, 6) is -0.0914. The highest BCUT2D eigenvalue weighted by Crippen LogP contribution is 2.29. The Labute approximate surface area is 192 Å². The summed E-state index contributed by atoms with van der Waals surface area (Å²) >= 11 is 13.7. The van der Waals surface area contributed by atoms with Crippen molar-refractivity contribution in [3.8, 4) is 22.8 Å². The van der Waals surface area contributed by atoms with Crippen molar-refractivity contribution in [2.24, 2.45) is 10.1 Å². The minimum absolute atomic E-state index is 0.0205. The number of phenolic OH excluding ortho intramolecular Hbond substituents is 2. The van der Waals surface area contributed by atoms with E-state index >= 15 is 0 Å². The summed E-state index contributed by atoms with van der Waals surface area (Å²) in [4.78, 5) is 5.40. The second kappa shape index (κ2) is 9.39. The zero-order chi connectivity index (χ0) is 21.8. The summed E-state index contributed by atoms with van der Waals surface area (Å²) in [6.45, 7) is 0.502. The Balaban J connectivity index is 1.79. The van der Waals surface area contributed by atoms with Crippen molar-refractivity contribution in [3.63, 3.8) is 0 Å². The maximum absolute atomic E-state index is 10.1. The van der Waals surface area contributed by atoms with E-state index in [2.05, 4.69) is 5.10 Å². The van der Waals surface area contributed by atoms with Crippen molar-refractivity contribution in [1.82, 2.24) is 4.68 Å². The number of phenols is 2. The zero-order valence-corrected chi connectivity index (χ0v) is 18.4. The molecule has 0 fully saturated rings. The zero-order valence-electron chi connectivity index (χ0n) is 16.1. The lowest BCUT2D eigenvalue weighted by molar-refractivity contribution is 0.450. The van der Waals surface area contributed by atoms with Crippen LogP contribution in [-0.4, -0.2) is 21.1 Å². The Bertz CT molecular complexity index is 1310. The number of rotatable bonds is 5. The van der Waals surface area contributed by atoms with Gasteiger partial charge in [-0.1, -0.05) is 59.6 Å². The van der Waals surface area contributed by atoms with Crippen LogP contribution in [0.2, 0.25) is 10.0 Å². The highest BCUT2D eigenvalue weighted by molar-refractivity contribution is 7.07. The maximum atomic E-state index is 10.1. The van der Waals surface area contributed by atoms with Crippen LogP contribution >= 0.6 is 34.5 Å². The van der Waals surface area contributed by atoms with E-state index in [1.165, 1.54) is 29.7 Å². The molecule has 3 aromatic carbocycles. The predicted molar refractivity (Wildman–Crippen MR) is 126 cm³/mol. The topological polar surface area (TPSA) is 70.1 Å². The van der Waals surface area contributed by atoms with Gasteiger partial charge in [0.25, 0.3) is 0 Å². The number of thiazole rings is 1. The minimum atomic E-state index is -0.0709. The molecule has 0 radical (unpaired) electrons. The molecule has 156 valence electrons. The molecule has 5 nitrogen and oxygen atoms in total. The van der Waals surface area contributed by atoms with E-state index in [1.807, 2.05) is 41.8 Å². The molecule has 0 unspecified atom stereocenters. The molecule has 0 bridgehead atoms. The normalized spacial score (nSPS) is 12.0. The van der Waals surface area contributed by atoms with Gasteiger partial charge >= 0.3 is 0 Å². The third-order valence-electron chi connectivity index (χ3n) is 4.47. The van der Waals surface area contributed by atoms with E-state index in [9.17, 15) is 10.2 Å². The summed E-state index contributed by atoms with van der Waals surface area (Å²) in [6.07, 6.45) is 1.52. The molecule has 1 aromatic heterocycles. The van der Waals surface area contributed by atoms with Crippen molar-refractivity contribution in [1.29, 1.82) is 0 Å². The van der Waals surface area contributed by atoms with Gasteiger partial charge in [0.1, 0.15) is 11.5 Å². The Morgan fingerprint density at radius 1 is 0.935 bits per heavy atom. The molecule has 0 spiro atoms. The Morgan fingerprint density at radius 3 is 2.48 bits per heavy atom. The van der Waals surface area contributed by atoms with Crippen LogP contribution in [0.4, 0.5) is 0 Å². The van der Waals surface area contributed by atoms with Crippen molar-refractivity contribution >= 4 is 40.8 Å². The molecule has 4 aromatic rings. The second-order valence-corrected chi connectivity index (χ2v) is 8.28. The SMILES string of the molecule is Oc1ccc(C=Nn2c(-c3ccc(Cl)c(Cl)c3)csc2=NCc2ccccc2)c(O)c1. The van der Waals surface area contributed by atoms with Crippen molar-refractivity contribution in [2.75, 3.05) is 0 Å². The lowest BCUT2D eigenvalue weighted by Gasteiger charge is -2.06. The molecule has 0 saturated heterocycles. The van der Waals surface area contributed by atoms with Crippen LogP contribution in [0.3, 0.4) is 0 Å². The van der Waals surface area contributed by atoms with Gasteiger partial charge in [0.15, 0.2) is 0 Å². The monoisotopic (exact) mass is 469 g/mol. The smallest absolute Gasteiger partial charge is 0.206 e. The summed E-state index contributed by atoms with van der Waals surface area (Å²) in [5, 5.41) is 27.0. The van der Waals surface area contributed by atoms with Gasteiger partial charge in [-0.3, -0.25) is 4.99 Å². The Morgan fingerprint density at radius 2 is 1.74 bits per heavy atom. The molecule has 31 heavy (non-hydrogen) atoms. The van der Waals surface area contributed by atoms with Crippen LogP contribution in [0.5, 0.6) is 11.5 Å². The average Bonchev–Trinajstić information content (AvgIpc) is 3.17. The molecule has 4 rings (SSSR count). The predicted octanol–water partition coefficient (Wildman–Crippen LogP) is 5.92. The first-order chi connectivity index (χ1) is 15.0. The van der Waals surface area contributed by atoms with E-state index in [0.29, 0.717) is 27.0 Å². The minimum Gasteiger partial charge on any atom is -0.508 e. The van der Waals surface area contributed by atoms with Gasteiger partial charge in [-0.05, 0) is 29.8 Å². The maximum Gasteiger partial charge on any atom is 0.206 e. The number of aromatic hydroxyl groups is 2. The molecule has 0 amide bonds. The van der Waals surface area contributed by atoms with Crippen LogP contribution in [0.25, 0.3) is 11.3 Å². The molecule has 0 atom stereocenters. The Hall–Kier alpha value is -3.06. The molecule has 0 aliphatic heterocycles. The molecule has 2 N–H and O–H groups in total. The van der Waals surface area contributed by atoms with Crippen molar-refractivity contribution < 1.29 is 10.2 Å².